The summed E-state index contributed by atoms with van der Waals surface area (Å²) < 4.78 is 0. The minimum atomic E-state index is 0.690. The number of rotatable bonds is 2. The number of hydrogen-bond donors (Lipinski definition) is 0. The van der Waals surface area contributed by atoms with E-state index in [1.807, 2.05) is 37.3 Å². The maximum atomic E-state index is 8.85. The molecule has 0 aliphatic heterocycles. The first-order chi connectivity index (χ1) is 6.33. The largest absolute Gasteiger partial charge is 0.192 e. The molecule has 13 heavy (non-hydrogen) atoms. The third-order valence-corrected chi connectivity index (χ3v) is 1.89. The van der Waals surface area contributed by atoms with Crippen molar-refractivity contribution in [1.29, 1.82) is 5.26 Å². The van der Waals surface area contributed by atoms with Gasteiger partial charge in [-0.15, -0.1) is 0 Å². The zero-order valence-corrected chi connectivity index (χ0v) is 7.62. The molecule has 1 aromatic rings. The Labute approximate surface area is 78.6 Å². The van der Waals surface area contributed by atoms with E-state index < -0.39 is 0 Å². The van der Waals surface area contributed by atoms with Crippen LogP contribution in [0, 0.1) is 11.3 Å². The molecule has 0 unspecified atom stereocenters. The van der Waals surface area contributed by atoms with Gasteiger partial charge in [0.25, 0.3) is 0 Å². The van der Waals surface area contributed by atoms with Crippen LogP contribution in [-0.2, 0) is 0 Å². The molecule has 0 fully saturated rings. The lowest BCUT2D eigenvalue weighted by Crippen LogP contribution is -1.85. The van der Waals surface area contributed by atoms with Crippen molar-refractivity contribution in [3.05, 3.63) is 54.1 Å². The van der Waals surface area contributed by atoms with E-state index in [0.29, 0.717) is 5.56 Å². The van der Waals surface area contributed by atoms with Gasteiger partial charge in [0, 0.05) is 0 Å². The second kappa shape index (κ2) is 4.27. The highest BCUT2D eigenvalue weighted by Gasteiger charge is 2.01. The second-order valence-corrected chi connectivity index (χ2v) is 2.61. The van der Waals surface area contributed by atoms with Crippen LogP contribution in [-0.4, -0.2) is 0 Å². The summed E-state index contributed by atoms with van der Waals surface area (Å²) in [6.07, 6.45) is 3.71. The Balaban J connectivity index is 3.29. The summed E-state index contributed by atoms with van der Waals surface area (Å²) in [6.45, 7) is 5.64. The topological polar surface area (TPSA) is 23.8 Å². The third kappa shape index (κ3) is 1.86. The lowest BCUT2D eigenvalue weighted by Gasteiger charge is -2.02. The van der Waals surface area contributed by atoms with Gasteiger partial charge < -0.3 is 0 Å². The van der Waals surface area contributed by atoms with E-state index in [2.05, 4.69) is 12.6 Å². The molecule has 0 bridgehead atoms. The van der Waals surface area contributed by atoms with Gasteiger partial charge in [0.15, 0.2) is 0 Å². The van der Waals surface area contributed by atoms with Crippen LogP contribution in [0.15, 0.2) is 43.0 Å². The van der Waals surface area contributed by atoms with Crippen LogP contribution >= 0.6 is 0 Å². The molecule has 1 nitrogen and oxygen atoms in total. The molecular formula is C12H11N. The fourth-order valence-electron chi connectivity index (χ4n) is 1.22. The van der Waals surface area contributed by atoms with Crippen LogP contribution in [0.2, 0.25) is 0 Å². The third-order valence-electron chi connectivity index (χ3n) is 1.89. The van der Waals surface area contributed by atoms with Gasteiger partial charge >= 0.3 is 0 Å². The van der Waals surface area contributed by atoms with Gasteiger partial charge in [-0.2, -0.15) is 5.26 Å². The van der Waals surface area contributed by atoms with Crippen molar-refractivity contribution in [1.82, 2.24) is 0 Å². The molecule has 0 spiro atoms. The van der Waals surface area contributed by atoms with Crippen molar-refractivity contribution in [3.63, 3.8) is 0 Å². The predicted octanol–water partition coefficient (Wildman–Crippen LogP) is 3.15. The smallest absolute Gasteiger partial charge is 0.0998 e. The zero-order chi connectivity index (χ0) is 9.68. The summed E-state index contributed by atoms with van der Waals surface area (Å²) >= 11 is 0. The molecule has 0 N–H and O–H groups in total. The monoisotopic (exact) mass is 169 g/mol. The summed E-state index contributed by atoms with van der Waals surface area (Å²) in [5, 5.41) is 8.85. The number of allylic oxidation sites excluding steroid dienone is 3. The first-order valence-electron chi connectivity index (χ1n) is 4.11. The zero-order valence-electron chi connectivity index (χ0n) is 7.62. The molecule has 1 aromatic carbocycles. The van der Waals surface area contributed by atoms with Gasteiger partial charge in [-0.3, -0.25) is 0 Å². The summed E-state index contributed by atoms with van der Waals surface area (Å²) in [7, 11) is 0. The van der Waals surface area contributed by atoms with Crippen molar-refractivity contribution < 1.29 is 0 Å². The van der Waals surface area contributed by atoms with Crippen LogP contribution in [0.1, 0.15) is 18.1 Å². The normalized spacial score (nSPS) is 10.6. The first-order valence-corrected chi connectivity index (χ1v) is 4.11. The molecule has 0 saturated heterocycles. The lowest BCUT2D eigenvalue weighted by atomic mass is 10.0. The summed E-state index contributed by atoms with van der Waals surface area (Å²) in [5.41, 5.74) is 2.63. The molecule has 0 amide bonds. The standard InChI is InChI=1S/C12H11N/c1-3-10(4-2)12-8-6-5-7-11(12)9-13/h3-8H,1H2,2H3. The highest BCUT2D eigenvalue weighted by atomic mass is 14.2. The Hall–Kier alpha value is -1.81. The number of benzene rings is 1. The number of hydrogen-bond acceptors (Lipinski definition) is 1. The van der Waals surface area contributed by atoms with Gasteiger partial charge in [0.05, 0.1) is 11.6 Å². The van der Waals surface area contributed by atoms with Gasteiger partial charge in [-0.25, -0.2) is 0 Å². The van der Waals surface area contributed by atoms with E-state index in [1.54, 1.807) is 6.08 Å². The molecule has 0 saturated carbocycles. The average Bonchev–Trinajstić information content (AvgIpc) is 2.20. The van der Waals surface area contributed by atoms with E-state index in [-0.39, 0.29) is 0 Å². The van der Waals surface area contributed by atoms with Crippen molar-refractivity contribution in [3.8, 4) is 6.07 Å². The van der Waals surface area contributed by atoms with Crippen LogP contribution in [0.5, 0.6) is 0 Å². The van der Waals surface area contributed by atoms with Gasteiger partial charge in [0.2, 0.25) is 0 Å². The van der Waals surface area contributed by atoms with Gasteiger partial charge in [-0.05, 0) is 24.1 Å². The molecular weight excluding hydrogens is 158 g/mol. The highest BCUT2D eigenvalue weighted by Crippen LogP contribution is 2.18. The lowest BCUT2D eigenvalue weighted by molar-refractivity contribution is 1.46. The predicted molar refractivity (Wildman–Crippen MR) is 55.0 cm³/mol. The Morgan fingerprint density at radius 3 is 2.69 bits per heavy atom. The Kier molecular flexibility index (Phi) is 3.05. The van der Waals surface area contributed by atoms with E-state index in [1.165, 1.54) is 0 Å². The van der Waals surface area contributed by atoms with E-state index in [9.17, 15) is 0 Å². The maximum Gasteiger partial charge on any atom is 0.0998 e. The van der Waals surface area contributed by atoms with Gasteiger partial charge in [0.1, 0.15) is 0 Å². The minimum absolute atomic E-state index is 0.690. The van der Waals surface area contributed by atoms with E-state index in [4.69, 9.17) is 5.26 Å². The molecule has 1 rings (SSSR count). The van der Waals surface area contributed by atoms with Crippen molar-refractivity contribution in [2.24, 2.45) is 0 Å². The van der Waals surface area contributed by atoms with Gasteiger partial charge in [-0.1, -0.05) is 36.9 Å². The van der Waals surface area contributed by atoms with E-state index >= 15 is 0 Å². The summed E-state index contributed by atoms with van der Waals surface area (Å²) in [4.78, 5) is 0. The van der Waals surface area contributed by atoms with Crippen molar-refractivity contribution in [2.45, 2.75) is 6.92 Å². The molecule has 0 aliphatic carbocycles. The molecule has 0 atom stereocenters. The average molecular weight is 169 g/mol. The van der Waals surface area contributed by atoms with Crippen LogP contribution < -0.4 is 0 Å². The Morgan fingerprint density at radius 2 is 2.15 bits per heavy atom. The molecule has 0 radical (unpaired) electrons. The van der Waals surface area contributed by atoms with E-state index in [0.717, 1.165) is 11.1 Å². The quantitative estimate of drug-likeness (QED) is 0.624. The second-order valence-electron chi connectivity index (χ2n) is 2.61. The SMILES string of the molecule is C=CC(=CC)c1ccccc1C#N. The van der Waals surface area contributed by atoms with Crippen molar-refractivity contribution >= 4 is 5.57 Å². The molecule has 1 heteroatoms. The number of nitrogens with zero attached hydrogens (tertiary/aromatic N) is 1. The molecule has 0 aliphatic rings. The van der Waals surface area contributed by atoms with Crippen LogP contribution in [0.4, 0.5) is 0 Å². The first kappa shape index (κ1) is 9.28. The maximum absolute atomic E-state index is 8.85. The minimum Gasteiger partial charge on any atom is -0.192 e. The molecule has 0 heterocycles. The Bertz CT molecular complexity index is 380. The fraction of sp³-hybridized carbons (Fsp3) is 0.0833. The van der Waals surface area contributed by atoms with Crippen LogP contribution in [0.3, 0.4) is 0 Å². The summed E-state index contributed by atoms with van der Waals surface area (Å²) in [5.74, 6) is 0. The number of nitriles is 1. The fourth-order valence-corrected chi connectivity index (χ4v) is 1.22. The molecule has 64 valence electrons. The van der Waals surface area contributed by atoms with Crippen molar-refractivity contribution in [2.75, 3.05) is 0 Å². The van der Waals surface area contributed by atoms with Crippen LogP contribution in [0.25, 0.3) is 5.57 Å². The molecule has 0 aromatic heterocycles. The summed E-state index contributed by atoms with van der Waals surface area (Å²) in [6, 6.07) is 9.67. The highest BCUT2D eigenvalue weighted by molar-refractivity contribution is 5.76. The Morgan fingerprint density at radius 1 is 1.46 bits per heavy atom.